The van der Waals surface area contributed by atoms with Crippen LogP contribution in [0.15, 0.2) is 24.3 Å². The van der Waals surface area contributed by atoms with Gasteiger partial charge in [0.1, 0.15) is 5.82 Å². The number of carbonyl (C=O) groups is 1. The highest BCUT2D eigenvalue weighted by Crippen LogP contribution is 2.40. The molecule has 2 N–H and O–H groups in total. The maximum atomic E-state index is 12.9. The van der Waals surface area contributed by atoms with Crippen LogP contribution in [0.5, 0.6) is 0 Å². The summed E-state index contributed by atoms with van der Waals surface area (Å²) < 4.78 is 12.9. The van der Waals surface area contributed by atoms with Crippen molar-refractivity contribution in [2.24, 2.45) is 0 Å². The number of rotatable bonds is 5. The highest BCUT2D eigenvalue weighted by atomic mass is 19.1. The lowest BCUT2D eigenvalue weighted by molar-refractivity contribution is 0.144. The molecule has 3 atom stereocenters. The summed E-state index contributed by atoms with van der Waals surface area (Å²) in [4.78, 5) is 16.8. The van der Waals surface area contributed by atoms with Crippen LogP contribution in [0, 0.1) is 5.82 Å². The first-order chi connectivity index (χ1) is 11.5. The van der Waals surface area contributed by atoms with E-state index in [1.807, 2.05) is 6.92 Å². The summed E-state index contributed by atoms with van der Waals surface area (Å²) >= 11 is 0. The Balaban J connectivity index is 1.37. The number of nitrogens with one attached hydrogen (secondary N) is 2. The van der Waals surface area contributed by atoms with E-state index in [0.29, 0.717) is 5.92 Å². The van der Waals surface area contributed by atoms with E-state index in [1.54, 1.807) is 12.1 Å². The van der Waals surface area contributed by atoms with Crippen molar-refractivity contribution >= 4 is 6.03 Å². The first-order valence-corrected chi connectivity index (χ1v) is 8.74. The number of hydrogen-bond acceptors (Lipinski definition) is 3. The van der Waals surface area contributed by atoms with Crippen molar-refractivity contribution in [1.29, 1.82) is 0 Å². The number of nitrogens with zero attached hydrogens (tertiary/aromatic N) is 2. The molecule has 1 aromatic rings. The van der Waals surface area contributed by atoms with Crippen molar-refractivity contribution in [3.63, 3.8) is 0 Å². The van der Waals surface area contributed by atoms with E-state index >= 15 is 0 Å². The molecule has 24 heavy (non-hydrogen) atoms. The lowest BCUT2D eigenvalue weighted by Gasteiger charge is -2.34. The summed E-state index contributed by atoms with van der Waals surface area (Å²) in [6.07, 6.45) is 0.923. The molecule has 2 fully saturated rings. The van der Waals surface area contributed by atoms with Gasteiger partial charge in [0.15, 0.2) is 0 Å². The second kappa shape index (κ2) is 7.49. The Morgan fingerprint density at radius 3 is 2.58 bits per heavy atom. The van der Waals surface area contributed by atoms with Crippen molar-refractivity contribution in [1.82, 2.24) is 20.4 Å². The Morgan fingerprint density at radius 2 is 1.92 bits per heavy atom. The molecule has 5 nitrogen and oxygen atoms in total. The Kier molecular flexibility index (Phi) is 5.36. The normalized spacial score (nSPS) is 26.0. The van der Waals surface area contributed by atoms with Crippen LogP contribution >= 0.6 is 0 Å². The molecule has 0 unspecified atom stereocenters. The fourth-order valence-electron chi connectivity index (χ4n) is 3.33. The number of halogens is 1. The summed E-state index contributed by atoms with van der Waals surface area (Å²) in [5, 5.41) is 6.05. The second-order valence-corrected chi connectivity index (χ2v) is 7.12. The maximum absolute atomic E-state index is 12.9. The van der Waals surface area contributed by atoms with Gasteiger partial charge < -0.3 is 15.5 Å². The van der Waals surface area contributed by atoms with Gasteiger partial charge >= 0.3 is 6.03 Å². The lowest BCUT2D eigenvalue weighted by atomic mass is 10.1. The van der Waals surface area contributed by atoms with Gasteiger partial charge in [-0.25, -0.2) is 9.18 Å². The van der Waals surface area contributed by atoms with Gasteiger partial charge in [-0.3, -0.25) is 4.90 Å². The van der Waals surface area contributed by atoms with Crippen LogP contribution < -0.4 is 10.6 Å². The molecule has 0 aromatic heterocycles. The molecule has 0 bridgehead atoms. The molecule has 1 aliphatic carbocycles. The minimum atomic E-state index is -0.223. The summed E-state index contributed by atoms with van der Waals surface area (Å²) in [5.74, 6) is 0.0867. The van der Waals surface area contributed by atoms with E-state index in [2.05, 4.69) is 27.5 Å². The number of urea groups is 1. The molecule has 3 rings (SSSR count). The van der Waals surface area contributed by atoms with Gasteiger partial charge in [0, 0.05) is 50.7 Å². The van der Waals surface area contributed by atoms with Crippen LogP contribution in [-0.4, -0.2) is 67.7 Å². The quantitative estimate of drug-likeness (QED) is 0.860. The van der Waals surface area contributed by atoms with Gasteiger partial charge in [-0.1, -0.05) is 12.1 Å². The highest BCUT2D eigenvalue weighted by Gasteiger charge is 2.39. The molecule has 2 amide bonds. The van der Waals surface area contributed by atoms with Crippen LogP contribution in [0.2, 0.25) is 0 Å². The van der Waals surface area contributed by atoms with Crippen LogP contribution in [0.4, 0.5) is 9.18 Å². The third-order valence-electron chi connectivity index (χ3n) is 4.91. The molecule has 1 aromatic carbocycles. The fourth-order valence-corrected chi connectivity index (χ4v) is 3.33. The summed E-state index contributed by atoms with van der Waals surface area (Å²) in [6.45, 7) is 7.20. The van der Waals surface area contributed by atoms with E-state index in [-0.39, 0.29) is 23.9 Å². The van der Waals surface area contributed by atoms with Crippen LogP contribution in [0.3, 0.4) is 0 Å². The van der Waals surface area contributed by atoms with Gasteiger partial charge in [-0.05, 0) is 38.1 Å². The molecule has 1 saturated carbocycles. The van der Waals surface area contributed by atoms with Crippen LogP contribution in [0.1, 0.15) is 24.8 Å². The van der Waals surface area contributed by atoms with Crippen molar-refractivity contribution < 1.29 is 9.18 Å². The van der Waals surface area contributed by atoms with Crippen LogP contribution in [0.25, 0.3) is 0 Å². The fraction of sp³-hybridized carbons (Fsp3) is 0.611. The predicted octanol–water partition coefficient (Wildman–Crippen LogP) is 1.62. The maximum Gasteiger partial charge on any atom is 0.315 e. The predicted molar refractivity (Wildman–Crippen MR) is 92.6 cm³/mol. The van der Waals surface area contributed by atoms with Crippen molar-refractivity contribution in [3.8, 4) is 0 Å². The van der Waals surface area contributed by atoms with Gasteiger partial charge in [-0.15, -0.1) is 0 Å². The molecule has 1 saturated heterocycles. The number of likely N-dealkylation sites (N-methyl/N-ethyl adjacent to an activating group) is 1. The molecule has 6 heteroatoms. The topological polar surface area (TPSA) is 47.6 Å². The number of carbonyl (C=O) groups excluding carboxylic acids is 1. The van der Waals surface area contributed by atoms with E-state index in [4.69, 9.17) is 0 Å². The number of hydrogen-bond donors (Lipinski definition) is 2. The minimum absolute atomic E-state index is 0.105. The summed E-state index contributed by atoms with van der Waals surface area (Å²) in [5.41, 5.74) is 1.09. The smallest absolute Gasteiger partial charge is 0.315 e. The summed E-state index contributed by atoms with van der Waals surface area (Å²) in [6, 6.07) is 6.73. The Morgan fingerprint density at radius 1 is 1.25 bits per heavy atom. The van der Waals surface area contributed by atoms with E-state index in [1.165, 1.54) is 12.1 Å². The Hall–Kier alpha value is -1.66. The molecule has 0 radical (unpaired) electrons. The standard InChI is InChI=1S/C18H27FN4O/c1-13(12-23-9-7-22(2)8-10-23)20-18(24)21-17-11-16(17)14-3-5-15(19)6-4-14/h3-6,13,16-17H,7-12H2,1-2H3,(H2,20,21,24)/t13-,16+,17+/m1/s1. The van der Waals surface area contributed by atoms with Crippen molar-refractivity contribution in [3.05, 3.63) is 35.6 Å². The van der Waals surface area contributed by atoms with Gasteiger partial charge in [0.05, 0.1) is 0 Å². The zero-order valence-corrected chi connectivity index (χ0v) is 14.5. The number of amides is 2. The molecule has 2 aliphatic rings. The Bertz CT molecular complexity index is 557. The molecule has 1 heterocycles. The second-order valence-electron chi connectivity index (χ2n) is 7.12. The van der Waals surface area contributed by atoms with Gasteiger partial charge in [-0.2, -0.15) is 0 Å². The molecule has 1 aliphatic heterocycles. The SMILES string of the molecule is C[C@H](CN1CCN(C)CC1)NC(=O)N[C@H]1C[C@H]1c1ccc(F)cc1. The van der Waals surface area contributed by atoms with E-state index in [9.17, 15) is 9.18 Å². The van der Waals surface area contributed by atoms with Gasteiger partial charge in [0.25, 0.3) is 0 Å². The zero-order valence-electron chi connectivity index (χ0n) is 14.5. The monoisotopic (exact) mass is 334 g/mol. The molecular weight excluding hydrogens is 307 g/mol. The Labute approximate surface area is 143 Å². The highest BCUT2D eigenvalue weighted by molar-refractivity contribution is 5.75. The average molecular weight is 334 g/mol. The molecule has 132 valence electrons. The van der Waals surface area contributed by atoms with Crippen molar-refractivity contribution in [2.45, 2.75) is 31.3 Å². The molecular formula is C18H27FN4O. The minimum Gasteiger partial charge on any atom is -0.335 e. The third kappa shape index (κ3) is 4.68. The lowest BCUT2D eigenvalue weighted by Crippen LogP contribution is -2.51. The van der Waals surface area contributed by atoms with E-state index in [0.717, 1.165) is 44.7 Å². The molecule has 0 spiro atoms. The van der Waals surface area contributed by atoms with Crippen molar-refractivity contribution in [2.75, 3.05) is 39.8 Å². The average Bonchev–Trinajstić information content (AvgIpc) is 3.29. The van der Waals surface area contributed by atoms with Crippen LogP contribution in [-0.2, 0) is 0 Å². The number of piperazine rings is 1. The first-order valence-electron chi connectivity index (χ1n) is 8.74. The van der Waals surface area contributed by atoms with E-state index < -0.39 is 0 Å². The number of benzene rings is 1. The zero-order chi connectivity index (χ0) is 17.1. The van der Waals surface area contributed by atoms with Gasteiger partial charge in [0.2, 0.25) is 0 Å². The first kappa shape index (κ1) is 17.2. The largest absolute Gasteiger partial charge is 0.335 e. The summed E-state index contributed by atoms with van der Waals surface area (Å²) in [7, 11) is 2.14. The third-order valence-corrected chi connectivity index (χ3v) is 4.91.